The standard InChI is InChI=1S/C27H25N3O4/c1-16-11-21(17(2)29-23-6-4-3-5-20(23)27(32)33)26-22(12-16)24(31)13-25(34-26)30-14-19(15-30)18-7-9-28-10-8-18/h3-13,17,19,29H,14-15H2,1-2H3,(H,32,33). The van der Waals surface area contributed by atoms with E-state index in [0.717, 1.165) is 24.2 Å². The highest BCUT2D eigenvalue weighted by Gasteiger charge is 2.30. The zero-order chi connectivity index (χ0) is 23.8. The SMILES string of the molecule is Cc1cc(C(C)Nc2ccccc2C(=O)O)c2oc(N3CC(c4ccncc4)C3)cc(=O)c2c1. The fourth-order valence-electron chi connectivity index (χ4n) is 4.51. The number of rotatable bonds is 6. The van der Waals surface area contributed by atoms with Crippen LogP contribution in [0.1, 0.15) is 45.9 Å². The summed E-state index contributed by atoms with van der Waals surface area (Å²) in [6.45, 7) is 5.39. The van der Waals surface area contributed by atoms with Gasteiger partial charge in [0.25, 0.3) is 0 Å². The lowest BCUT2D eigenvalue weighted by molar-refractivity contribution is 0.0698. The maximum atomic E-state index is 13.0. The van der Waals surface area contributed by atoms with E-state index in [4.69, 9.17) is 4.42 Å². The quantitative estimate of drug-likeness (QED) is 0.424. The Morgan fingerprint density at radius 3 is 2.62 bits per heavy atom. The highest BCUT2D eigenvalue weighted by atomic mass is 16.4. The Labute approximate surface area is 196 Å². The maximum absolute atomic E-state index is 13.0. The van der Waals surface area contributed by atoms with Gasteiger partial charge in [-0.2, -0.15) is 0 Å². The topological polar surface area (TPSA) is 95.7 Å². The van der Waals surface area contributed by atoms with E-state index in [-0.39, 0.29) is 17.0 Å². The van der Waals surface area contributed by atoms with Gasteiger partial charge in [-0.25, -0.2) is 4.79 Å². The third kappa shape index (κ3) is 4.01. The second-order valence-corrected chi connectivity index (χ2v) is 8.78. The van der Waals surface area contributed by atoms with Crippen molar-refractivity contribution in [2.45, 2.75) is 25.8 Å². The van der Waals surface area contributed by atoms with Crippen molar-refractivity contribution in [2.75, 3.05) is 23.3 Å². The van der Waals surface area contributed by atoms with Crippen LogP contribution in [0.5, 0.6) is 0 Å². The van der Waals surface area contributed by atoms with E-state index < -0.39 is 5.97 Å². The number of anilines is 2. The molecule has 4 aromatic rings. The Morgan fingerprint density at radius 1 is 1.15 bits per heavy atom. The number of nitrogens with one attached hydrogen (secondary N) is 1. The molecule has 1 aliphatic heterocycles. The van der Waals surface area contributed by atoms with Crippen LogP contribution in [0.15, 0.2) is 76.2 Å². The normalized spacial score (nSPS) is 14.6. The van der Waals surface area contributed by atoms with E-state index in [0.29, 0.717) is 28.5 Å². The number of carboxylic acid groups (broad SMARTS) is 1. The minimum absolute atomic E-state index is 0.0910. The van der Waals surface area contributed by atoms with Crippen molar-refractivity contribution in [3.05, 3.63) is 99.5 Å². The first-order valence-corrected chi connectivity index (χ1v) is 11.2. The van der Waals surface area contributed by atoms with Crippen LogP contribution in [-0.4, -0.2) is 29.1 Å². The Hall–Kier alpha value is -4.13. The first-order chi connectivity index (χ1) is 16.4. The minimum atomic E-state index is -1.00. The van der Waals surface area contributed by atoms with E-state index in [2.05, 4.69) is 15.2 Å². The number of fused-ring (bicyclic) bond motifs is 1. The molecule has 2 N–H and O–H groups in total. The lowest BCUT2D eigenvalue weighted by Crippen LogP contribution is -2.45. The number of carbonyl (C=O) groups is 1. The second-order valence-electron chi connectivity index (χ2n) is 8.78. The molecule has 1 saturated heterocycles. The third-order valence-electron chi connectivity index (χ3n) is 6.36. The van der Waals surface area contributed by atoms with Crippen molar-refractivity contribution in [2.24, 2.45) is 0 Å². The summed E-state index contributed by atoms with van der Waals surface area (Å²) >= 11 is 0. The molecule has 0 spiro atoms. The summed E-state index contributed by atoms with van der Waals surface area (Å²) in [5, 5.41) is 13.3. The van der Waals surface area contributed by atoms with Crippen molar-refractivity contribution < 1.29 is 14.3 Å². The molecule has 3 heterocycles. The summed E-state index contributed by atoms with van der Waals surface area (Å²) in [5.41, 5.74) is 4.10. The lowest BCUT2D eigenvalue weighted by Gasteiger charge is -2.39. The van der Waals surface area contributed by atoms with Crippen LogP contribution >= 0.6 is 0 Å². The molecule has 0 radical (unpaired) electrons. The van der Waals surface area contributed by atoms with Crippen LogP contribution in [0.25, 0.3) is 11.0 Å². The zero-order valence-electron chi connectivity index (χ0n) is 19.0. The molecule has 0 bridgehead atoms. The summed E-state index contributed by atoms with van der Waals surface area (Å²) in [4.78, 5) is 30.8. The van der Waals surface area contributed by atoms with Gasteiger partial charge in [-0.15, -0.1) is 0 Å². The van der Waals surface area contributed by atoms with E-state index >= 15 is 0 Å². The van der Waals surface area contributed by atoms with Gasteiger partial charge in [-0.1, -0.05) is 18.2 Å². The number of aromatic carboxylic acids is 1. The monoisotopic (exact) mass is 455 g/mol. The van der Waals surface area contributed by atoms with Gasteiger partial charge < -0.3 is 19.7 Å². The predicted molar refractivity (Wildman–Crippen MR) is 132 cm³/mol. The number of benzene rings is 2. The maximum Gasteiger partial charge on any atom is 0.337 e. The summed E-state index contributed by atoms with van der Waals surface area (Å²) < 4.78 is 6.31. The summed E-state index contributed by atoms with van der Waals surface area (Å²) in [6.07, 6.45) is 3.58. The number of aryl methyl sites for hydroxylation is 1. The van der Waals surface area contributed by atoms with Gasteiger partial charge in [0.05, 0.1) is 17.0 Å². The van der Waals surface area contributed by atoms with Crippen LogP contribution in [-0.2, 0) is 0 Å². The van der Waals surface area contributed by atoms with Crippen molar-refractivity contribution in [3.63, 3.8) is 0 Å². The molecule has 7 nitrogen and oxygen atoms in total. The van der Waals surface area contributed by atoms with E-state index in [9.17, 15) is 14.7 Å². The van der Waals surface area contributed by atoms with Crippen molar-refractivity contribution in [3.8, 4) is 0 Å². The molecule has 2 aromatic carbocycles. The van der Waals surface area contributed by atoms with Crippen LogP contribution in [0.3, 0.4) is 0 Å². The molecule has 0 saturated carbocycles. The summed E-state index contributed by atoms with van der Waals surface area (Å²) in [5.74, 6) is -0.0830. The van der Waals surface area contributed by atoms with Gasteiger partial charge in [0.15, 0.2) is 11.3 Å². The molecular weight excluding hydrogens is 430 g/mol. The molecule has 1 fully saturated rings. The highest BCUT2D eigenvalue weighted by molar-refractivity contribution is 5.94. The fraction of sp³-hybridized carbons (Fsp3) is 0.222. The van der Waals surface area contributed by atoms with Gasteiger partial charge in [0.1, 0.15) is 5.58 Å². The number of hydrogen-bond acceptors (Lipinski definition) is 6. The second kappa shape index (κ2) is 8.67. The lowest BCUT2D eigenvalue weighted by atomic mass is 9.92. The number of para-hydroxylation sites is 1. The van der Waals surface area contributed by atoms with Gasteiger partial charge >= 0.3 is 5.97 Å². The molecule has 0 amide bonds. The average Bonchev–Trinajstić information content (AvgIpc) is 2.79. The molecule has 1 aliphatic rings. The largest absolute Gasteiger partial charge is 0.478 e. The number of carboxylic acids is 1. The van der Waals surface area contributed by atoms with Crippen LogP contribution in [0.2, 0.25) is 0 Å². The number of aromatic nitrogens is 1. The van der Waals surface area contributed by atoms with Gasteiger partial charge in [-0.05, 0) is 55.3 Å². The molecular formula is C27H25N3O4. The molecule has 5 rings (SSSR count). The Bertz CT molecular complexity index is 1430. The Kier molecular flexibility index (Phi) is 5.53. The summed E-state index contributed by atoms with van der Waals surface area (Å²) in [6, 6.07) is 15.9. The third-order valence-corrected chi connectivity index (χ3v) is 6.36. The van der Waals surface area contributed by atoms with Crippen molar-refractivity contribution >= 4 is 28.5 Å². The molecule has 172 valence electrons. The van der Waals surface area contributed by atoms with E-state index in [1.54, 1.807) is 42.7 Å². The molecule has 0 aliphatic carbocycles. The highest BCUT2D eigenvalue weighted by Crippen LogP contribution is 2.34. The molecule has 34 heavy (non-hydrogen) atoms. The first-order valence-electron chi connectivity index (χ1n) is 11.2. The van der Waals surface area contributed by atoms with Crippen LogP contribution in [0, 0.1) is 6.92 Å². The summed E-state index contributed by atoms with van der Waals surface area (Å²) in [7, 11) is 0. The van der Waals surface area contributed by atoms with Crippen LogP contribution < -0.4 is 15.6 Å². The zero-order valence-corrected chi connectivity index (χ0v) is 19.0. The van der Waals surface area contributed by atoms with Crippen LogP contribution in [0.4, 0.5) is 11.6 Å². The molecule has 1 unspecified atom stereocenters. The van der Waals surface area contributed by atoms with Crippen molar-refractivity contribution in [1.82, 2.24) is 4.98 Å². The molecule has 1 atom stereocenters. The number of pyridine rings is 1. The van der Waals surface area contributed by atoms with Gasteiger partial charge in [0, 0.05) is 48.7 Å². The Morgan fingerprint density at radius 2 is 1.88 bits per heavy atom. The number of nitrogens with zero attached hydrogens (tertiary/aromatic N) is 2. The fourth-order valence-corrected chi connectivity index (χ4v) is 4.51. The predicted octanol–water partition coefficient (Wildman–Crippen LogP) is 4.97. The molecule has 7 heteroatoms. The van der Waals surface area contributed by atoms with Gasteiger partial charge in [-0.3, -0.25) is 9.78 Å². The minimum Gasteiger partial charge on any atom is -0.478 e. The first kappa shape index (κ1) is 21.7. The average molecular weight is 456 g/mol. The number of hydrogen-bond donors (Lipinski definition) is 2. The van der Waals surface area contributed by atoms with Crippen molar-refractivity contribution in [1.29, 1.82) is 0 Å². The van der Waals surface area contributed by atoms with E-state index in [1.165, 1.54) is 5.56 Å². The molecule has 2 aromatic heterocycles. The van der Waals surface area contributed by atoms with Gasteiger partial charge in [0.2, 0.25) is 0 Å². The smallest absolute Gasteiger partial charge is 0.337 e. The van der Waals surface area contributed by atoms with E-state index in [1.807, 2.05) is 38.1 Å². The Balaban J connectivity index is 1.48.